The van der Waals surface area contributed by atoms with Crippen LogP contribution in [0.5, 0.6) is 0 Å². The van der Waals surface area contributed by atoms with E-state index in [0.29, 0.717) is 6.07 Å². The molecule has 11 heteroatoms. The molecule has 0 saturated heterocycles. The minimum absolute atomic E-state index is 0.0889. The fraction of sp³-hybridized carbons (Fsp3) is 0.200. The summed E-state index contributed by atoms with van der Waals surface area (Å²) in [5.41, 5.74) is 0.239. The molecule has 1 aromatic carbocycles. The highest BCUT2D eigenvalue weighted by Gasteiger charge is 2.34. The predicted octanol–water partition coefficient (Wildman–Crippen LogP) is 3.04. The maximum atomic E-state index is 12.6. The van der Waals surface area contributed by atoms with Crippen LogP contribution in [-0.4, -0.2) is 25.7 Å². The number of hydrogen-bond acceptors (Lipinski definition) is 5. The van der Waals surface area contributed by atoms with Gasteiger partial charge in [-0.25, -0.2) is 12.7 Å². The van der Waals surface area contributed by atoms with Crippen LogP contribution in [0.4, 0.5) is 18.3 Å². The Kier molecular flexibility index (Phi) is 4.13. The number of benzene rings is 1. The zero-order chi connectivity index (χ0) is 15.8. The molecule has 0 aliphatic heterocycles. The lowest BCUT2D eigenvalue weighted by atomic mass is 10.2. The lowest BCUT2D eigenvalue weighted by Gasteiger charge is -2.17. The molecule has 114 valence electrons. The molecule has 5 nitrogen and oxygen atoms in total. The first-order chi connectivity index (χ1) is 9.64. The molecule has 21 heavy (non-hydrogen) atoms. The summed E-state index contributed by atoms with van der Waals surface area (Å²) in [6.45, 7) is 0. The van der Waals surface area contributed by atoms with Gasteiger partial charge in [-0.2, -0.15) is 13.2 Å². The van der Waals surface area contributed by atoms with Gasteiger partial charge in [0.15, 0.2) is 0 Å². The Balaban J connectivity index is 2.45. The molecule has 0 atom stereocenters. The first-order valence-corrected chi connectivity index (χ1v) is 7.95. The molecule has 2 rings (SSSR count). The maximum Gasteiger partial charge on any atom is 0.417 e. The quantitative estimate of drug-likeness (QED) is 0.847. The van der Waals surface area contributed by atoms with E-state index >= 15 is 0 Å². The van der Waals surface area contributed by atoms with E-state index in [1.165, 1.54) is 12.6 Å². The van der Waals surface area contributed by atoms with E-state index in [1.54, 1.807) is 0 Å². The third-order valence-electron chi connectivity index (χ3n) is 2.52. The van der Waals surface area contributed by atoms with Crippen LogP contribution in [0.3, 0.4) is 0 Å². The molecule has 0 spiro atoms. The Hall–Kier alpha value is -1.39. The molecule has 0 aliphatic carbocycles. The van der Waals surface area contributed by atoms with E-state index in [9.17, 15) is 21.6 Å². The molecule has 0 amide bonds. The van der Waals surface area contributed by atoms with Crippen LogP contribution in [0.2, 0.25) is 5.02 Å². The summed E-state index contributed by atoms with van der Waals surface area (Å²) in [6, 6.07) is 2.24. The third-order valence-corrected chi connectivity index (χ3v) is 5.46. The molecule has 0 unspecified atom stereocenters. The van der Waals surface area contributed by atoms with Crippen molar-refractivity contribution in [2.45, 2.75) is 11.1 Å². The van der Waals surface area contributed by atoms with Crippen LogP contribution in [0.1, 0.15) is 5.56 Å². The summed E-state index contributed by atoms with van der Waals surface area (Å²) in [4.78, 5) is -0.363. The summed E-state index contributed by atoms with van der Waals surface area (Å²) in [6.07, 6.45) is -4.65. The summed E-state index contributed by atoms with van der Waals surface area (Å²) in [7, 11) is -2.83. The molecule has 0 radical (unpaired) electrons. The highest BCUT2D eigenvalue weighted by Crippen LogP contribution is 2.36. The highest BCUT2D eigenvalue weighted by atomic mass is 35.5. The topological polar surface area (TPSA) is 63.2 Å². The van der Waals surface area contributed by atoms with Gasteiger partial charge in [0, 0.05) is 7.05 Å². The monoisotopic (exact) mass is 357 g/mol. The standard InChI is InChI=1S/C10H7ClF3N3O2S2/c1-17(9-16-15-5-20-9)21(18,19)6-2-3-7(8(11)4-6)10(12,13)14/h2-5H,1H3. The van der Waals surface area contributed by atoms with Gasteiger partial charge in [0.1, 0.15) is 5.51 Å². The number of aromatic nitrogens is 2. The Morgan fingerprint density at radius 2 is 2.00 bits per heavy atom. The maximum absolute atomic E-state index is 12.6. The number of alkyl halides is 3. The fourth-order valence-electron chi connectivity index (χ4n) is 1.45. The first-order valence-electron chi connectivity index (χ1n) is 5.26. The van der Waals surface area contributed by atoms with Gasteiger partial charge in [-0.05, 0) is 18.2 Å². The molecular formula is C10H7ClF3N3O2S2. The van der Waals surface area contributed by atoms with E-state index in [1.807, 2.05) is 0 Å². The zero-order valence-corrected chi connectivity index (χ0v) is 12.7. The average Bonchev–Trinajstić information content (AvgIpc) is 2.89. The Morgan fingerprint density at radius 1 is 1.33 bits per heavy atom. The van der Waals surface area contributed by atoms with Gasteiger partial charge in [0.2, 0.25) is 5.13 Å². The Morgan fingerprint density at radius 3 is 2.48 bits per heavy atom. The first kappa shape index (κ1) is 16.0. The molecule has 2 aromatic rings. The van der Waals surface area contributed by atoms with E-state index in [0.717, 1.165) is 27.8 Å². The smallest absolute Gasteiger partial charge is 0.243 e. The fourth-order valence-corrected chi connectivity index (χ4v) is 3.72. The minimum atomic E-state index is -4.65. The minimum Gasteiger partial charge on any atom is -0.243 e. The second-order valence-electron chi connectivity index (χ2n) is 3.83. The SMILES string of the molecule is CN(c1nncs1)S(=O)(=O)c1ccc(C(F)(F)F)c(Cl)c1. The van der Waals surface area contributed by atoms with Crippen molar-refractivity contribution in [3.63, 3.8) is 0 Å². The van der Waals surface area contributed by atoms with Gasteiger partial charge in [0.25, 0.3) is 10.0 Å². The van der Waals surface area contributed by atoms with Crippen molar-refractivity contribution < 1.29 is 21.6 Å². The summed E-state index contributed by atoms with van der Waals surface area (Å²) in [5.74, 6) is 0. The van der Waals surface area contributed by atoms with Gasteiger partial charge < -0.3 is 0 Å². The van der Waals surface area contributed by atoms with Crippen LogP contribution in [0.15, 0.2) is 28.6 Å². The number of anilines is 1. The van der Waals surface area contributed by atoms with Crippen LogP contribution in [0, 0.1) is 0 Å². The van der Waals surface area contributed by atoms with Crippen molar-refractivity contribution in [1.29, 1.82) is 0 Å². The van der Waals surface area contributed by atoms with Crippen LogP contribution in [-0.2, 0) is 16.2 Å². The van der Waals surface area contributed by atoms with Crippen molar-refractivity contribution in [2.24, 2.45) is 0 Å². The van der Waals surface area contributed by atoms with Crippen molar-refractivity contribution >= 4 is 38.1 Å². The summed E-state index contributed by atoms with van der Waals surface area (Å²) >= 11 is 6.50. The third kappa shape index (κ3) is 3.11. The number of hydrogen-bond donors (Lipinski definition) is 0. The molecule has 0 bridgehead atoms. The molecule has 0 aliphatic rings. The van der Waals surface area contributed by atoms with Gasteiger partial charge in [-0.15, -0.1) is 10.2 Å². The van der Waals surface area contributed by atoms with Crippen LogP contribution < -0.4 is 4.31 Å². The van der Waals surface area contributed by atoms with E-state index in [2.05, 4.69) is 10.2 Å². The summed E-state index contributed by atoms with van der Waals surface area (Å²) in [5, 5.41) is 6.49. The Bertz CT molecular complexity index is 747. The van der Waals surface area contributed by atoms with Crippen molar-refractivity contribution in [3.8, 4) is 0 Å². The molecule has 0 saturated carbocycles. The number of rotatable bonds is 3. The van der Waals surface area contributed by atoms with E-state index < -0.39 is 26.8 Å². The second-order valence-corrected chi connectivity index (χ2v) is 7.02. The lowest BCUT2D eigenvalue weighted by Crippen LogP contribution is -2.26. The number of sulfonamides is 1. The normalized spacial score (nSPS) is 12.4. The number of halogens is 4. The van der Waals surface area contributed by atoms with Crippen molar-refractivity contribution in [3.05, 3.63) is 34.3 Å². The van der Waals surface area contributed by atoms with Crippen molar-refractivity contribution in [2.75, 3.05) is 11.4 Å². The second kappa shape index (κ2) is 5.43. The molecule has 1 heterocycles. The van der Waals surface area contributed by atoms with E-state index in [-0.39, 0.29) is 10.0 Å². The van der Waals surface area contributed by atoms with Crippen LogP contribution >= 0.6 is 22.9 Å². The molecule has 0 N–H and O–H groups in total. The highest BCUT2D eigenvalue weighted by molar-refractivity contribution is 7.93. The van der Waals surface area contributed by atoms with Gasteiger partial charge in [-0.1, -0.05) is 22.9 Å². The lowest BCUT2D eigenvalue weighted by molar-refractivity contribution is -0.137. The number of nitrogens with zero attached hydrogens (tertiary/aromatic N) is 3. The predicted molar refractivity (Wildman–Crippen MR) is 72.0 cm³/mol. The van der Waals surface area contributed by atoms with Crippen LogP contribution in [0.25, 0.3) is 0 Å². The molecule has 0 fully saturated rings. The zero-order valence-electron chi connectivity index (χ0n) is 10.3. The van der Waals surface area contributed by atoms with Gasteiger partial charge in [0.05, 0.1) is 15.5 Å². The van der Waals surface area contributed by atoms with Gasteiger partial charge in [-0.3, -0.25) is 0 Å². The van der Waals surface area contributed by atoms with Gasteiger partial charge >= 0.3 is 6.18 Å². The van der Waals surface area contributed by atoms with Crippen molar-refractivity contribution in [1.82, 2.24) is 10.2 Å². The van der Waals surface area contributed by atoms with E-state index in [4.69, 9.17) is 11.6 Å². The largest absolute Gasteiger partial charge is 0.417 e. The summed E-state index contributed by atoms with van der Waals surface area (Å²) < 4.78 is 63.2. The average molecular weight is 358 g/mol. The Labute approximate surface area is 127 Å². The molecular weight excluding hydrogens is 351 g/mol. The molecule has 1 aromatic heterocycles.